The van der Waals surface area contributed by atoms with E-state index < -0.39 is 0 Å². The summed E-state index contributed by atoms with van der Waals surface area (Å²) >= 11 is 0. The van der Waals surface area contributed by atoms with E-state index in [1.807, 2.05) is 55.7 Å². The van der Waals surface area contributed by atoms with Gasteiger partial charge in [0.1, 0.15) is 5.75 Å². The fourth-order valence-corrected chi connectivity index (χ4v) is 4.74. The number of H-pyrrole nitrogens is 1. The molecule has 0 radical (unpaired) electrons. The number of aromatic amines is 1. The van der Waals surface area contributed by atoms with Crippen molar-refractivity contribution < 1.29 is 9.53 Å². The quantitative estimate of drug-likeness (QED) is 0.542. The molecule has 7 nitrogen and oxygen atoms in total. The second-order valence-corrected chi connectivity index (χ2v) is 9.30. The van der Waals surface area contributed by atoms with Crippen LogP contribution >= 0.6 is 0 Å². The van der Waals surface area contributed by atoms with Gasteiger partial charge in [-0.2, -0.15) is 5.10 Å². The molecule has 1 amide bonds. The monoisotopic (exact) mass is 469 g/mol. The standard InChI is InChI=1S/C28H31N5O2/c1-19(28(34)30-24-4-3-14-33(18-24)17-21-9-12-29-13-10-21)5-7-25-20(2)27(32-31-25)23-6-8-26-22(16-23)11-15-35-26/h5-10,12-13,16,24,31H,2-4,11,14-15,17-18H2,1H3,(H,30,34)/b19-5+,25-7+/t24-/m1/s1. The largest absolute Gasteiger partial charge is 0.493 e. The van der Waals surface area contributed by atoms with E-state index in [1.54, 1.807) is 0 Å². The molecule has 7 heteroatoms. The maximum Gasteiger partial charge on any atom is 0.247 e. The molecule has 4 heterocycles. The number of carbonyl (C=O) groups excluding carboxylic acids is 1. The number of likely N-dealkylation sites (tertiary alicyclic amines) is 1. The molecular weight excluding hydrogens is 438 g/mol. The Morgan fingerprint density at radius 1 is 1.31 bits per heavy atom. The number of rotatable bonds is 6. The molecule has 3 aromatic rings. The normalized spacial score (nSPS) is 18.8. The van der Waals surface area contributed by atoms with E-state index in [0.717, 1.165) is 73.1 Å². The van der Waals surface area contributed by atoms with Crippen molar-refractivity contribution in [3.8, 4) is 17.0 Å². The molecule has 2 aliphatic heterocycles. The van der Waals surface area contributed by atoms with Gasteiger partial charge in [-0.15, -0.1) is 0 Å². The first-order valence-corrected chi connectivity index (χ1v) is 12.2. The van der Waals surface area contributed by atoms with Crippen LogP contribution in [0.4, 0.5) is 0 Å². The van der Waals surface area contributed by atoms with E-state index >= 15 is 0 Å². The van der Waals surface area contributed by atoms with Crippen LogP contribution in [0.15, 0.2) is 54.4 Å². The summed E-state index contributed by atoms with van der Waals surface area (Å²) in [5.41, 5.74) is 4.93. The molecule has 2 aromatic heterocycles. The number of carbonyl (C=O) groups is 1. The lowest BCUT2D eigenvalue weighted by Crippen LogP contribution is -2.47. The lowest BCUT2D eigenvalue weighted by molar-refractivity contribution is -0.118. The molecule has 1 saturated heterocycles. The summed E-state index contributed by atoms with van der Waals surface area (Å²) in [7, 11) is 0. The topological polar surface area (TPSA) is 83.1 Å². The minimum absolute atomic E-state index is 0.0408. The third kappa shape index (κ3) is 5.35. The average molecular weight is 470 g/mol. The zero-order valence-electron chi connectivity index (χ0n) is 20.1. The second kappa shape index (κ2) is 10.3. The third-order valence-electron chi connectivity index (χ3n) is 6.72. The van der Waals surface area contributed by atoms with Crippen LogP contribution in [0.5, 0.6) is 5.75 Å². The summed E-state index contributed by atoms with van der Waals surface area (Å²) in [4.78, 5) is 19.3. The highest BCUT2D eigenvalue weighted by Crippen LogP contribution is 2.28. The van der Waals surface area contributed by atoms with Gasteiger partial charge in [0, 0.05) is 54.3 Å². The lowest BCUT2D eigenvalue weighted by atomic mass is 10.0. The van der Waals surface area contributed by atoms with Gasteiger partial charge in [0.2, 0.25) is 5.91 Å². The van der Waals surface area contributed by atoms with Crippen LogP contribution in [-0.4, -0.2) is 51.7 Å². The average Bonchev–Trinajstić information content (AvgIpc) is 3.49. The fourth-order valence-electron chi connectivity index (χ4n) is 4.74. The molecule has 180 valence electrons. The number of piperidine rings is 1. The Labute approximate surface area is 205 Å². The predicted octanol–water partition coefficient (Wildman–Crippen LogP) is 2.32. The summed E-state index contributed by atoms with van der Waals surface area (Å²) in [5.74, 6) is 0.908. The number of aromatic nitrogens is 3. The summed E-state index contributed by atoms with van der Waals surface area (Å²) in [6.45, 7) is 9.55. The highest BCUT2D eigenvalue weighted by atomic mass is 16.5. The summed E-state index contributed by atoms with van der Waals surface area (Å²) in [6, 6.07) is 10.4. The molecule has 35 heavy (non-hydrogen) atoms. The van der Waals surface area contributed by atoms with Crippen molar-refractivity contribution in [2.45, 2.75) is 38.8 Å². The number of nitrogens with zero attached hydrogens (tertiary/aromatic N) is 3. The lowest BCUT2D eigenvalue weighted by Gasteiger charge is -2.33. The fraction of sp³-hybridized carbons (Fsp3) is 0.321. The van der Waals surface area contributed by atoms with Crippen LogP contribution in [0, 0.1) is 0 Å². The molecule has 1 aromatic carbocycles. The molecule has 0 saturated carbocycles. The van der Waals surface area contributed by atoms with E-state index in [0.29, 0.717) is 5.57 Å². The van der Waals surface area contributed by atoms with Gasteiger partial charge < -0.3 is 10.1 Å². The SMILES string of the molecule is C=c1c(-c2ccc3c(c2)CCO3)n[nH]/c1=C/C=C(\C)C(=O)N[C@@H]1CCCN(Cc2ccncc2)C1. The highest BCUT2D eigenvalue weighted by molar-refractivity contribution is 5.94. The van der Waals surface area contributed by atoms with Crippen molar-refractivity contribution in [3.63, 3.8) is 0 Å². The smallest absolute Gasteiger partial charge is 0.247 e. The van der Waals surface area contributed by atoms with Gasteiger partial charge in [0.15, 0.2) is 0 Å². The number of benzene rings is 1. The van der Waals surface area contributed by atoms with Crippen LogP contribution < -0.4 is 20.6 Å². The molecule has 1 fully saturated rings. The van der Waals surface area contributed by atoms with Gasteiger partial charge in [-0.1, -0.05) is 12.7 Å². The molecule has 0 bridgehead atoms. The summed E-state index contributed by atoms with van der Waals surface area (Å²) < 4.78 is 5.60. The van der Waals surface area contributed by atoms with Crippen molar-refractivity contribution in [1.82, 2.24) is 25.4 Å². The molecule has 0 spiro atoms. The van der Waals surface area contributed by atoms with Crippen LogP contribution in [0.2, 0.25) is 0 Å². The number of allylic oxidation sites excluding steroid dienone is 1. The maximum absolute atomic E-state index is 12.8. The molecule has 5 rings (SSSR count). The van der Waals surface area contributed by atoms with Crippen LogP contribution in [-0.2, 0) is 17.8 Å². The van der Waals surface area contributed by atoms with Crippen molar-refractivity contribution in [2.75, 3.05) is 19.7 Å². The van der Waals surface area contributed by atoms with Crippen molar-refractivity contribution >= 4 is 18.6 Å². The Bertz CT molecular complexity index is 1350. The van der Waals surface area contributed by atoms with Crippen molar-refractivity contribution in [3.05, 3.63) is 76.1 Å². The number of pyridine rings is 1. The van der Waals surface area contributed by atoms with Gasteiger partial charge in [-0.05, 0) is 73.8 Å². The van der Waals surface area contributed by atoms with Crippen molar-refractivity contribution in [1.29, 1.82) is 0 Å². The van der Waals surface area contributed by atoms with E-state index in [-0.39, 0.29) is 11.9 Å². The first-order valence-electron chi connectivity index (χ1n) is 12.2. The first-order chi connectivity index (χ1) is 17.1. The summed E-state index contributed by atoms with van der Waals surface area (Å²) in [5, 5.41) is 12.3. The van der Waals surface area contributed by atoms with Crippen LogP contribution in [0.1, 0.15) is 30.9 Å². The van der Waals surface area contributed by atoms with Crippen molar-refractivity contribution in [2.24, 2.45) is 0 Å². The molecular formula is C28H31N5O2. The Kier molecular flexibility index (Phi) is 6.77. The highest BCUT2D eigenvalue weighted by Gasteiger charge is 2.22. The number of amides is 1. The predicted molar refractivity (Wildman–Crippen MR) is 137 cm³/mol. The Morgan fingerprint density at radius 2 is 2.17 bits per heavy atom. The molecule has 1 atom stereocenters. The number of hydrogen-bond donors (Lipinski definition) is 2. The van der Waals surface area contributed by atoms with Gasteiger partial charge in [-0.25, -0.2) is 0 Å². The zero-order chi connectivity index (χ0) is 24.2. The minimum atomic E-state index is -0.0408. The molecule has 2 aliphatic rings. The number of fused-ring (bicyclic) bond motifs is 1. The van der Waals surface area contributed by atoms with E-state index in [1.165, 1.54) is 11.1 Å². The van der Waals surface area contributed by atoms with Gasteiger partial charge in [0.05, 0.1) is 17.6 Å². The van der Waals surface area contributed by atoms with Gasteiger partial charge >= 0.3 is 0 Å². The first kappa shape index (κ1) is 23.1. The van der Waals surface area contributed by atoms with Gasteiger partial charge in [-0.3, -0.25) is 19.8 Å². The van der Waals surface area contributed by atoms with Crippen LogP contribution in [0.25, 0.3) is 23.9 Å². The Balaban J connectivity index is 1.23. The van der Waals surface area contributed by atoms with Crippen LogP contribution in [0.3, 0.4) is 0 Å². The molecule has 0 unspecified atom stereocenters. The number of hydrogen-bond acceptors (Lipinski definition) is 5. The molecule has 2 N–H and O–H groups in total. The van der Waals surface area contributed by atoms with E-state index in [4.69, 9.17) is 4.74 Å². The molecule has 0 aliphatic carbocycles. The summed E-state index contributed by atoms with van der Waals surface area (Å²) in [6.07, 6.45) is 10.3. The van der Waals surface area contributed by atoms with E-state index in [2.05, 4.69) is 38.0 Å². The maximum atomic E-state index is 12.8. The number of nitrogens with one attached hydrogen (secondary N) is 2. The van der Waals surface area contributed by atoms with E-state index in [9.17, 15) is 4.79 Å². The Morgan fingerprint density at radius 3 is 3.03 bits per heavy atom. The van der Waals surface area contributed by atoms with Gasteiger partial charge in [0.25, 0.3) is 0 Å². The zero-order valence-corrected chi connectivity index (χ0v) is 20.1. The third-order valence-corrected chi connectivity index (χ3v) is 6.72. The number of ether oxygens (including phenoxy) is 1. The minimum Gasteiger partial charge on any atom is -0.493 e. The Hall–Kier alpha value is -3.71. The second-order valence-electron chi connectivity index (χ2n) is 9.30.